The van der Waals surface area contributed by atoms with E-state index in [1.165, 1.54) is 25.7 Å². The molecule has 1 saturated carbocycles. The number of aromatic nitrogens is 2. The first-order valence-corrected chi connectivity index (χ1v) is 7.94. The first-order valence-electron chi connectivity index (χ1n) is 7.56. The molecular weight excluding hydrogens is 270 g/mol. The minimum atomic E-state index is -0.0888. The topological polar surface area (TPSA) is 37.8 Å². The fourth-order valence-electron chi connectivity index (χ4n) is 2.49. The zero-order chi connectivity index (χ0) is 15.0. The zero-order valence-electron chi connectivity index (χ0n) is 13.3. The first-order chi connectivity index (χ1) is 9.27. The van der Waals surface area contributed by atoms with Gasteiger partial charge in [-0.3, -0.25) is 0 Å². The summed E-state index contributed by atoms with van der Waals surface area (Å²) in [5.74, 6) is 1.70. The van der Waals surface area contributed by atoms with E-state index in [0.717, 1.165) is 23.8 Å². The van der Waals surface area contributed by atoms with Crippen LogP contribution >= 0.6 is 11.6 Å². The second kappa shape index (κ2) is 5.51. The van der Waals surface area contributed by atoms with Gasteiger partial charge in [0.25, 0.3) is 0 Å². The molecule has 1 aliphatic rings. The summed E-state index contributed by atoms with van der Waals surface area (Å²) in [5.41, 5.74) is 1.36. The van der Waals surface area contributed by atoms with Gasteiger partial charge >= 0.3 is 0 Å². The summed E-state index contributed by atoms with van der Waals surface area (Å²) in [7, 11) is 0. The third kappa shape index (κ3) is 3.43. The quantitative estimate of drug-likeness (QED) is 0.798. The fraction of sp³-hybridized carbons (Fsp3) is 0.750. The molecule has 0 unspecified atom stereocenters. The molecule has 2 rings (SSSR count). The Bertz CT molecular complexity index is 487. The number of anilines is 1. The van der Waals surface area contributed by atoms with Crippen molar-refractivity contribution < 1.29 is 0 Å². The lowest BCUT2D eigenvalue weighted by atomic mass is 9.95. The Kier molecular flexibility index (Phi) is 4.29. The van der Waals surface area contributed by atoms with Gasteiger partial charge in [0.15, 0.2) is 0 Å². The summed E-state index contributed by atoms with van der Waals surface area (Å²) >= 11 is 6.26. The molecule has 1 aromatic heterocycles. The Morgan fingerprint density at radius 3 is 2.40 bits per heavy atom. The summed E-state index contributed by atoms with van der Waals surface area (Å²) in [5, 5.41) is 4.08. The predicted octanol–water partition coefficient (Wildman–Crippen LogP) is 4.73. The monoisotopic (exact) mass is 295 g/mol. The molecule has 0 bridgehead atoms. The molecule has 1 N–H and O–H groups in total. The Labute approximate surface area is 127 Å². The predicted molar refractivity (Wildman–Crippen MR) is 85.5 cm³/mol. The normalized spacial score (nSPS) is 17.1. The maximum Gasteiger partial charge on any atom is 0.137 e. The second-order valence-corrected chi connectivity index (χ2v) is 7.52. The van der Waals surface area contributed by atoms with Crippen molar-refractivity contribution in [1.29, 1.82) is 0 Å². The van der Waals surface area contributed by atoms with Gasteiger partial charge in [0, 0.05) is 17.5 Å². The fourth-order valence-corrected chi connectivity index (χ4v) is 2.66. The van der Waals surface area contributed by atoms with Crippen molar-refractivity contribution in [2.45, 2.75) is 65.7 Å². The molecule has 0 amide bonds. The summed E-state index contributed by atoms with van der Waals surface area (Å²) in [6.07, 6.45) is 5.21. The van der Waals surface area contributed by atoms with E-state index >= 15 is 0 Å². The highest BCUT2D eigenvalue weighted by Crippen LogP contribution is 2.49. The van der Waals surface area contributed by atoms with Crippen LogP contribution in [0.4, 0.5) is 5.82 Å². The highest BCUT2D eigenvalue weighted by atomic mass is 35.5. The van der Waals surface area contributed by atoms with Crippen LogP contribution in [0.2, 0.25) is 5.15 Å². The maximum absolute atomic E-state index is 6.26. The average molecular weight is 296 g/mol. The minimum absolute atomic E-state index is 0.0888. The molecule has 0 atom stereocenters. The smallest absolute Gasteiger partial charge is 0.137 e. The largest absolute Gasteiger partial charge is 0.369 e. The van der Waals surface area contributed by atoms with Crippen LogP contribution in [0.15, 0.2) is 0 Å². The molecule has 0 spiro atoms. The molecule has 20 heavy (non-hydrogen) atoms. The first kappa shape index (κ1) is 15.6. The van der Waals surface area contributed by atoms with Crippen LogP contribution in [0, 0.1) is 12.3 Å². The van der Waals surface area contributed by atoms with E-state index in [-0.39, 0.29) is 5.41 Å². The Hall–Kier alpha value is -0.830. The van der Waals surface area contributed by atoms with Gasteiger partial charge < -0.3 is 5.32 Å². The number of halogens is 1. The third-order valence-electron chi connectivity index (χ3n) is 4.13. The van der Waals surface area contributed by atoms with Crippen LogP contribution in [0.25, 0.3) is 0 Å². The van der Waals surface area contributed by atoms with Gasteiger partial charge in [-0.1, -0.05) is 45.7 Å². The Morgan fingerprint density at radius 2 is 1.90 bits per heavy atom. The lowest BCUT2D eigenvalue weighted by Crippen LogP contribution is -2.21. The van der Waals surface area contributed by atoms with Crippen LogP contribution < -0.4 is 5.32 Å². The molecule has 1 aliphatic carbocycles. The average Bonchev–Trinajstić information content (AvgIpc) is 3.10. The van der Waals surface area contributed by atoms with Gasteiger partial charge in [0.2, 0.25) is 0 Å². The van der Waals surface area contributed by atoms with Crippen molar-refractivity contribution in [1.82, 2.24) is 9.97 Å². The van der Waals surface area contributed by atoms with E-state index in [9.17, 15) is 0 Å². The lowest BCUT2D eigenvalue weighted by molar-refractivity contribution is 0.484. The molecular formula is C16H26ClN3. The zero-order valence-corrected chi connectivity index (χ0v) is 14.1. The van der Waals surface area contributed by atoms with Crippen molar-refractivity contribution in [3.05, 3.63) is 16.5 Å². The molecule has 1 fully saturated rings. The van der Waals surface area contributed by atoms with Crippen LogP contribution in [-0.4, -0.2) is 16.5 Å². The Morgan fingerprint density at radius 1 is 1.25 bits per heavy atom. The summed E-state index contributed by atoms with van der Waals surface area (Å²) in [6.45, 7) is 11.6. The van der Waals surface area contributed by atoms with Gasteiger partial charge in [-0.2, -0.15) is 0 Å². The van der Waals surface area contributed by atoms with Crippen molar-refractivity contribution in [3.63, 3.8) is 0 Å². The second-order valence-electron chi connectivity index (χ2n) is 7.17. The van der Waals surface area contributed by atoms with Crippen LogP contribution in [0.1, 0.15) is 64.8 Å². The highest BCUT2D eigenvalue weighted by Gasteiger charge is 2.41. The van der Waals surface area contributed by atoms with Gasteiger partial charge in [-0.05, 0) is 31.6 Å². The van der Waals surface area contributed by atoms with E-state index < -0.39 is 0 Å². The minimum Gasteiger partial charge on any atom is -0.369 e. The molecule has 1 heterocycles. The molecule has 1 aromatic rings. The van der Waals surface area contributed by atoms with Crippen molar-refractivity contribution in [2.24, 2.45) is 5.41 Å². The number of hydrogen-bond acceptors (Lipinski definition) is 3. The molecule has 3 nitrogen and oxygen atoms in total. The van der Waals surface area contributed by atoms with Gasteiger partial charge in [-0.15, -0.1) is 0 Å². The van der Waals surface area contributed by atoms with Crippen LogP contribution in [-0.2, 0) is 5.41 Å². The SMILES string of the molecule is CCCC1(CNc2nc(C(C)(C)C)nc(Cl)c2C)CC1. The van der Waals surface area contributed by atoms with E-state index in [2.05, 4.69) is 43.0 Å². The van der Waals surface area contributed by atoms with Crippen LogP contribution in [0.3, 0.4) is 0 Å². The highest BCUT2D eigenvalue weighted by molar-refractivity contribution is 6.30. The molecule has 112 valence electrons. The van der Waals surface area contributed by atoms with Crippen LogP contribution in [0.5, 0.6) is 0 Å². The molecule has 0 saturated heterocycles. The van der Waals surface area contributed by atoms with E-state index in [1.807, 2.05) is 6.92 Å². The summed E-state index contributed by atoms with van der Waals surface area (Å²) in [4.78, 5) is 9.10. The van der Waals surface area contributed by atoms with E-state index in [1.54, 1.807) is 0 Å². The molecule has 0 aromatic carbocycles. The van der Waals surface area contributed by atoms with E-state index in [0.29, 0.717) is 10.6 Å². The molecule has 0 radical (unpaired) electrons. The number of hydrogen-bond donors (Lipinski definition) is 1. The van der Waals surface area contributed by atoms with Crippen molar-refractivity contribution in [2.75, 3.05) is 11.9 Å². The number of nitrogens with zero attached hydrogens (tertiary/aromatic N) is 2. The number of nitrogens with one attached hydrogen (secondary N) is 1. The van der Waals surface area contributed by atoms with E-state index in [4.69, 9.17) is 11.6 Å². The maximum atomic E-state index is 6.26. The molecule has 0 aliphatic heterocycles. The summed E-state index contributed by atoms with van der Waals surface area (Å²) in [6, 6.07) is 0. The number of rotatable bonds is 5. The van der Waals surface area contributed by atoms with Crippen molar-refractivity contribution in [3.8, 4) is 0 Å². The van der Waals surface area contributed by atoms with Gasteiger partial charge in [0.1, 0.15) is 16.8 Å². The van der Waals surface area contributed by atoms with Crippen molar-refractivity contribution >= 4 is 17.4 Å². The molecule has 4 heteroatoms. The van der Waals surface area contributed by atoms with Gasteiger partial charge in [0.05, 0.1) is 0 Å². The summed E-state index contributed by atoms with van der Waals surface area (Å²) < 4.78 is 0. The third-order valence-corrected chi connectivity index (χ3v) is 4.49. The standard InChI is InChI=1S/C16H26ClN3/c1-6-7-16(8-9-16)10-18-13-11(2)12(17)19-14(20-13)15(3,4)5/h6-10H2,1-5H3,(H,18,19,20). The lowest BCUT2D eigenvalue weighted by Gasteiger charge is -2.21. The Balaban J connectivity index is 2.17. The van der Waals surface area contributed by atoms with Gasteiger partial charge in [-0.25, -0.2) is 9.97 Å².